The zero-order chi connectivity index (χ0) is 21.4. The molecule has 1 heteroatoms. The Labute approximate surface area is 197 Å². The quantitative estimate of drug-likeness (QED) is 0.417. The lowest BCUT2D eigenvalue weighted by atomic mass is 9.48. The highest BCUT2D eigenvalue weighted by atomic mass is 14.7. The molecule has 2 aromatic carbocycles. The molecule has 0 unspecified atom stereocenters. The van der Waals surface area contributed by atoms with Gasteiger partial charge >= 0.3 is 0 Å². The van der Waals surface area contributed by atoms with E-state index in [1.54, 1.807) is 11.1 Å². The Balaban J connectivity index is 1.17. The topological polar surface area (TPSA) is 15.8 Å². The first-order valence-corrected chi connectivity index (χ1v) is 14.2. The fourth-order valence-corrected chi connectivity index (χ4v) is 11.5. The summed E-state index contributed by atoms with van der Waals surface area (Å²) in [7, 11) is 0. The highest BCUT2D eigenvalue weighted by Gasteiger charge is 2.52. The molecule has 1 nitrogen and oxygen atoms in total. The number of nitrogens with one attached hydrogen (secondary N) is 1. The first-order chi connectivity index (χ1) is 16.1. The van der Waals surface area contributed by atoms with Crippen LogP contribution in [-0.2, 0) is 10.8 Å². The van der Waals surface area contributed by atoms with E-state index in [0.29, 0.717) is 10.8 Å². The van der Waals surface area contributed by atoms with Gasteiger partial charge in [-0.15, -0.1) is 0 Å². The van der Waals surface area contributed by atoms with Gasteiger partial charge in [-0.1, -0.05) is 12.1 Å². The monoisotopic (exact) mass is 435 g/mol. The lowest BCUT2D eigenvalue weighted by Gasteiger charge is -2.57. The summed E-state index contributed by atoms with van der Waals surface area (Å²) in [6.07, 6.45) is 18.0. The highest BCUT2D eigenvalue weighted by molar-refractivity contribution is 6.07. The van der Waals surface area contributed by atoms with Crippen molar-refractivity contribution in [2.24, 2.45) is 35.5 Å². The SMILES string of the molecule is c1cc2[nH]c3ccc(C45CC6CC(CC(C6)C4)C5)cc3c2cc1C12CC3CC(CC(C3)C1)C2. The molecule has 8 saturated carbocycles. The minimum atomic E-state index is 0.490. The maximum Gasteiger partial charge on any atom is 0.0465 e. The first kappa shape index (κ1) is 18.6. The molecule has 33 heavy (non-hydrogen) atoms. The first-order valence-electron chi connectivity index (χ1n) is 14.2. The van der Waals surface area contributed by atoms with E-state index in [-0.39, 0.29) is 0 Å². The minimum Gasteiger partial charge on any atom is -0.355 e. The number of benzene rings is 2. The second-order valence-electron chi connectivity index (χ2n) is 14.0. The summed E-state index contributed by atoms with van der Waals surface area (Å²) in [6, 6.07) is 15.1. The molecule has 8 aliphatic rings. The van der Waals surface area contributed by atoms with E-state index in [1.807, 2.05) is 0 Å². The molecule has 8 aliphatic carbocycles. The molecule has 1 aromatic heterocycles. The van der Waals surface area contributed by atoms with Crippen LogP contribution >= 0.6 is 0 Å². The summed E-state index contributed by atoms with van der Waals surface area (Å²) < 4.78 is 0. The molecule has 1 heterocycles. The molecule has 0 radical (unpaired) electrons. The van der Waals surface area contributed by atoms with Crippen molar-refractivity contribution >= 4 is 21.8 Å². The number of hydrogen-bond acceptors (Lipinski definition) is 0. The third kappa shape index (κ3) is 2.50. The Morgan fingerprint density at radius 1 is 0.485 bits per heavy atom. The summed E-state index contributed by atoms with van der Waals surface area (Å²) in [4.78, 5) is 3.78. The molecule has 8 fully saturated rings. The van der Waals surface area contributed by atoms with E-state index >= 15 is 0 Å². The van der Waals surface area contributed by atoms with Crippen LogP contribution in [0.15, 0.2) is 36.4 Å². The van der Waals surface area contributed by atoms with Gasteiger partial charge in [0.2, 0.25) is 0 Å². The normalized spacial score (nSPS) is 45.0. The number of fused-ring (bicyclic) bond motifs is 3. The van der Waals surface area contributed by atoms with Crippen LogP contribution in [0, 0.1) is 35.5 Å². The van der Waals surface area contributed by atoms with Gasteiger partial charge in [0, 0.05) is 21.8 Å². The van der Waals surface area contributed by atoms with Crippen molar-refractivity contribution in [3.05, 3.63) is 47.5 Å². The number of H-pyrrole nitrogens is 1. The molecular formula is C32H37N. The molecule has 0 aliphatic heterocycles. The Bertz CT molecular complexity index is 1120. The molecule has 3 aromatic rings. The van der Waals surface area contributed by atoms with Gasteiger partial charge in [-0.05, 0) is 159 Å². The van der Waals surface area contributed by atoms with E-state index in [2.05, 4.69) is 41.4 Å². The maximum absolute atomic E-state index is 3.78. The Kier molecular flexibility index (Phi) is 3.42. The van der Waals surface area contributed by atoms with Crippen molar-refractivity contribution in [1.29, 1.82) is 0 Å². The summed E-state index contributed by atoms with van der Waals surface area (Å²) in [5.41, 5.74) is 7.03. The summed E-state index contributed by atoms with van der Waals surface area (Å²) in [6.45, 7) is 0. The Morgan fingerprint density at radius 2 is 0.818 bits per heavy atom. The minimum absolute atomic E-state index is 0.490. The van der Waals surface area contributed by atoms with Crippen molar-refractivity contribution in [3.8, 4) is 0 Å². The summed E-state index contributed by atoms with van der Waals surface area (Å²) >= 11 is 0. The van der Waals surface area contributed by atoms with Gasteiger partial charge in [-0.25, -0.2) is 0 Å². The Hall–Kier alpha value is -1.76. The molecule has 0 saturated heterocycles. The fraction of sp³-hybridized carbons (Fsp3) is 0.625. The highest BCUT2D eigenvalue weighted by Crippen LogP contribution is 2.62. The largest absolute Gasteiger partial charge is 0.355 e. The molecule has 0 atom stereocenters. The average molecular weight is 436 g/mol. The van der Waals surface area contributed by atoms with Crippen LogP contribution in [0.25, 0.3) is 21.8 Å². The number of aromatic amines is 1. The second-order valence-corrected chi connectivity index (χ2v) is 14.0. The molecule has 170 valence electrons. The average Bonchev–Trinajstić information content (AvgIpc) is 3.14. The van der Waals surface area contributed by atoms with Crippen LogP contribution in [0.5, 0.6) is 0 Å². The summed E-state index contributed by atoms with van der Waals surface area (Å²) in [5, 5.41) is 3.01. The van der Waals surface area contributed by atoms with Crippen LogP contribution < -0.4 is 0 Å². The Morgan fingerprint density at radius 3 is 1.15 bits per heavy atom. The smallest absolute Gasteiger partial charge is 0.0465 e. The van der Waals surface area contributed by atoms with Gasteiger partial charge in [0.25, 0.3) is 0 Å². The molecule has 8 bridgehead atoms. The van der Waals surface area contributed by atoms with Gasteiger partial charge in [-0.3, -0.25) is 0 Å². The molecule has 0 amide bonds. The van der Waals surface area contributed by atoms with E-state index in [0.717, 1.165) is 35.5 Å². The number of aromatic nitrogens is 1. The number of hydrogen-bond donors (Lipinski definition) is 1. The lowest BCUT2D eigenvalue weighted by Crippen LogP contribution is -2.48. The van der Waals surface area contributed by atoms with Gasteiger partial charge in [0.1, 0.15) is 0 Å². The second kappa shape index (κ2) is 6.07. The zero-order valence-corrected chi connectivity index (χ0v) is 19.9. The standard InChI is InChI=1S/C32H37N/c1-3-29-27(11-25(1)31-13-19-5-20(14-31)7-21(6-19)15-31)28-12-26(2-4-30(28)33-29)32-16-22-8-23(17-32)10-24(9-22)18-32/h1-4,11-12,19-24,33H,5-10,13-18H2. The zero-order valence-electron chi connectivity index (χ0n) is 19.9. The molecule has 11 rings (SSSR count). The van der Waals surface area contributed by atoms with Crippen molar-refractivity contribution in [1.82, 2.24) is 4.98 Å². The third-order valence-corrected chi connectivity index (χ3v) is 11.9. The van der Waals surface area contributed by atoms with Crippen LogP contribution in [0.2, 0.25) is 0 Å². The van der Waals surface area contributed by atoms with E-state index in [4.69, 9.17) is 0 Å². The van der Waals surface area contributed by atoms with Gasteiger partial charge in [0.05, 0.1) is 0 Å². The van der Waals surface area contributed by atoms with Crippen molar-refractivity contribution in [2.75, 3.05) is 0 Å². The van der Waals surface area contributed by atoms with Crippen LogP contribution in [-0.4, -0.2) is 4.98 Å². The van der Waals surface area contributed by atoms with Gasteiger partial charge in [0.15, 0.2) is 0 Å². The fourth-order valence-electron chi connectivity index (χ4n) is 11.5. The van der Waals surface area contributed by atoms with Gasteiger partial charge in [-0.2, -0.15) is 0 Å². The maximum atomic E-state index is 3.78. The van der Waals surface area contributed by atoms with Crippen LogP contribution in [0.4, 0.5) is 0 Å². The van der Waals surface area contributed by atoms with Crippen molar-refractivity contribution < 1.29 is 0 Å². The van der Waals surface area contributed by atoms with E-state index in [1.165, 1.54) is 98.9 Å². The molecule has 0 spiro atoms. The van der Waals surface area contributed by atoms with E-state index in [9.17, 15) is 0 Å². The number of rotatable bonds is 2. The van der Waals surface area contributed by atoms with Crippen LogP contribution in [0.1, 0.15) is 88.2 Å². The third-order valence-electron chi connectivity index (χ3n) is 11.9. The predicted octanol–water partition coefficient (Wildman–Crippen LogP) is 8.26. The molecule has 1 N–H and O–H groups in total. The van der Waals surface area contributed by atoms with Crippen molar-refractivity contribution in [3.63, 3.8) is 0 Å². The van der Waals surface area contributed by atoms with Gasteiger partial charge < -0.3 is 4.98 Å². The van der Waals surface area contributed by atoms with E-state index < -0.39 is 0 Å². The lowest BCUT2D eigenvalue weighted by molar-refractivity contribution is -0.00528. The van der Waals surface area contributed by atoms with Crippen molar-refractivity contribution in [2.45, 2.75) is 87.9 Å². The molecular weight excluding hydrogens is 398 g/mol. The predicted molar refractivity (Wildman–Crippen MR) is 136 cm³/mol. The van der Waals surface area contributed by atoms with Crippen LogP contribution in [0.3, 0.4) is 0 Å². The summed E-state index contributed by atoms with van der Waals surface area (Å²) in [5.74, 6) is 6.07.